The summed E-state index contributed by atoms with van der Waals surface area (Å²) >= 11 is 0. The first-order valence-corrected chi connectivity index (χ1v) is 12.6. The molecule has 0 bridgehead atoms. The van der Waals surface area contributed by atoms with E-state index in [1.807, 2.05) is 31.6 Å². The Balaban J connectivity index is 1.12. The van der Waals surface area contributed by atoms with Gasteiger partial charge >= 0.3 is 0 Å². The molecular formula is C26H29N9O2. The zero-order valence-corrected chi connectivity index (χ0v) is 20.9. The Morgan fingerprint density at radius 2 is 1.92 bits per heavy atom. The van der Waals surface area contributed by atoms with E-state index < -0.39 is 5.91 Å². The van der Waals surface area contributed by atoms with Gasteiger partial charge in [0.1, 0.15) is 0 Å². The third-order valence-electron chi connectivity index (χ3n) is 7.25. The number of pyridine rings is 2. The molecule has 1 aliphatic carbocycles. The molecule has 0 spiro atoms. The van der Waals surface area contributed by atoms with E-state index in [1.165, 1.54) is 19.3 Å². The number of nitrogens with zero attached hydrogens (tertiary/aromatic N) is 7. The molecule has 37 heavy (non-hydrogen) atoms. The van der Waals surface area contributed by atoms with Crippen LogP contribution in [0.3, 0.4) is 0 Å². The molecule has 1 atom stereocenters. The van der Waals surface area contributed by atoms with E-state index in [1.54, 1.807) is 34.6 Å². The Morgan fingerprint density at radius 3 is 2.70 bits per heavy atom. The maximum atomic E-state index is 13.1. The molecule has 0 aromatic carbocycles. The topological polar surface area (TPSA) is 122 Å². The van der Waals surface area contributed by atoms with Crippen molar-refractivity contribution < 1.29 is 9.59 Å². The highest BCUT2D eigenvalue weighted by molar-refractivity contribution is 6.08. The lowest BCUT2D eigenvalue weighted by molar-refractivity contribution is -0.117. The number of rotatable bonds is 7. The first-order chi connectivity index (χ1) is 17.9. The molecule has 11 nitrogen and oxygen atoms in total. The van der Waals surface area contributed by atoms with E-state index in [0.717, 1.165) is 36.1 Å². The molecule has 1 saturated heterocycles. The molecule has 11 heteroatoms. The Hall–Kier alpha value is -4.12. The third kappa shape index (κ3) is 4.94. The van der Waals surface area contributed by atoms with Crippen molar-refractivity contribution in [1.82, 2.24) is 34.5 Å². The van der Waals surface area contributed by atoms with E-state index in [0.29, 0.717) is 29.1 Å². The predicted octanol–water partition coefficient (Wildman–Crippen LogP) is 2.76. The number of hydrogen-bond acceptors (Lipinski definition) is 7. The summed E-state index contributed by atoms with van der Waals surface area (Å²) in [5.74, 6) is 1.13. The summed E-state index contributed by atoms with van der Waals surface area (Å²) in [6, 6.07) is 5.44. The van der Waals surface area contributed by atoms with Crippen LogP contribution in [0.2, 0.25) is 0 Å². The van der Waals surface area contributed by atoms with Crippen LogP contribution in [0.1, 0.15) is 35.4 Å². The summed E-state index contributed by atoms with van der Waals surface area (Å²) in [5, 5.41) is 18.2. The standard InChI is InChI=1S/C26H29N9O2/c1-16-22(9-21(11-27-16)29-24(36)15-34-8-7-19(13-34)17-3-4-17)30-26(37)25-23-6-5-18(14-35(23)32-31-25)20-10-28-33(2)12-20/h5-6,9-12,14,17,19H,3-4,7-8,13,15H2,1-2H3,(H,29,36)(H,30,37). The Morgan fingerprint density at radius 1 is 1.05 bits per heavy atom. The van der Waals surface area contributed by atoms with Crippen molar-refractivity contribution in [3.05, 3.63) is 54.4 Å². The minimum absolute atomic E-state index is 0.0758. The minimum Gasteiger partial charge on any atom is -0.324 e. The van der Waals surface area contributed by atoms with Gasteiger partial charge in [-0.3, -0.25) is 24.2 Å². The molecule has 1 unspecified atom stereocenters. The Bertz CT molecular complexity index is 1490. The molecule has 5 heterocycles. The van der Waals surface area contributed by atoms with E-state index in [9.17, 15) is 9.59 Å². The molecule has 0 radical (unpaired) electrons. The Kier molecular flexibility index (Phi) is 5.91. The molecule has 190 valence electrons. The number of fused-ring (bicyclic) bond motifs is 1. The van der Waals surface area contributed by atoms with E-state index in [-0.39, 0.29) is 11.6 Å². The number of carbonyl (C=O) groups is 2. The van der Waals surface area contributed by atoms with Crippen LogP contribution in [0.15, 0.2) is 43.0 Å². The van der Waals surface area contributed by atoms with Crippen molar-refractivity contribution in [1.29, 1.82) is 0 Å². The van der Waals surface area contributed by atoms with Crippen molar-refractivity contribution in [2.75, 3.05) is 30.3 Å². The second-order valence-corrected chi connectivity index (χ2v) is 10.1. The van der Waals surface area contributed by atoms with Gasteiger partial charge in [-0.2, -0.15) is 5.10 Å². The van der Waals surface area contributed by atoms with Gasteiger partial charge in [-0.25, -0.2) is 4.52 Å². The van der Waals surface area contributed by atoms with Crippen LogP contribution in [0, 0.1) is 18.8 Å². The first kappa shape index (κ1) is 23.3. The summed E-state index contributed by atoms with van der Waals surface area (Å²) in [4.78, 5) is 32.3. The van der Waals surface area contributed by atoms with Crippen molar-refractivity contribution in [3.8, 4) is 11.1 Å². The molecule has 2 fully saturated rings. The van der Waals surface area contributed by atoms with Gasteiger partial charge in [0.15, 0.2) is 5.69 Å². The van der Waals surface area contributed by atoms with Crippen molar-refractivity contribution in [2.45, 2.75) is 26.2 Å². The SMILES string of the molecule is Cc1ncc(NC(=O)CN2CCC(C3CC3)C2)cc1NC(=O)c1nnn2cc(-c3cnn(C)c3)ccc12. The maximum absolute atomic E-state index is 13.1. The monoisotopic (exact) mass is 499 g/mol. The van der Waals surface area contributed by atoms with Gasteiger partial charge in [-0.15, -0.1) is 5.10 Å². The Labute approximate surface area is 213 Å². The summed E-state index contributed by atoms with van der Waals surface area (Å²) in [7, 11) is 1.86. The number of amides is 2. The van der Waals surface area contributed by atoms with Crippen molar-refractivity contribution >= 4 is 28.7 Å². The lowest BCUT2D eigenvalue weighted by atomic mass is 10.0. The van der Waals surface area contributed by atoms with Crippen LogP contribution in [0.4, 0.5) is 11.4 Å². The normalized spacial score (nSPS) is 17.8. The third-order valence-corrected chi connectivity index (χ3v) is 7.25. The molecular weight excluding hydrogens is 470 g/mol. The number of likely N-dealkylation sites (tertiary alicyclic amines) is 1. The lowest BCUT2D eigenvalue weighted by Gasteiger charge is -2.16. The summed E-state index contributed by atoms with van der Waals surface area (Å²) in [5.41, 5.74) is 4.31. The molecule has 1 aliphatic heterocycles. The lowest BCUT2D eigenvalue weighted by Crippen LogP contribution is -2.31. The average Bonchev–Trinajstić information content (AvgIpc) is 3.24. The second-order valence-electron chi connectivity index (χ2n) is 10.1. The van der Waals surface area contributed by atoms with Crippen LogP contribution >= 0.6 is 0 Å². The number of aryl methyl sites for hydroxylation is 2. The summed E-state index contributed by atoms with van der Waals surface area (Å²) in [6.07, 6.45) is 11.0. The fraction of sp³-hybridized carbons (Fsp3) is 0.385. The fourth-order valence-corrected chi connectivity index (χ4v) is 5.07. The average molecular weight is 500 g/mol. The van der Waals surface area contributed by atoms with Gasteiger partial charge in [0.05, 0.1) is 41.5 Å². The molecule has 4 aromatic heterocycles. The smallest absolute Gasteiger partial charge is 0.278 e. The molecule has 4 aromatic rings. The maximum Gasteiger partial charge on any atom is 0.278 e. The van der Waals surface area contributed by atoms with Crippen LogP contribution in [0.5, 0.6) is 0 Å². The fourth-order valence-electron chi connectivity index (χ4n) is 5.07. The van der Waals surface area contributed by atoms with Crippen LogP contribution in [0.25, 0.3) is 16.6 Å². The summed E-state index contributed by atoms with van der Waals surface area (Å²) in [6.45, 7) is 4.14. The zero-order valence-electron chi connectivity index (χ0n) is 20.9. The molecule has 6 rings (SSSR count). The van der Waals surface area contributed by atoms with E-state index >= 15 is 0 Å². The summed E-state index contributed by atoms with van der Waals surface area (Å²) < 4.78 is 3.30. The van der Waals surface area contributed by atoms with Crippen LogP contribution < -0.4 is 10.6 Å². The molecule has 2 N–H and O–H groups in total. The predicted molar refractivity (Wildman–Crippen MR) is 138 cm³/mol. The molecule has 2 aliphatic rings. The number of aromatic nitrogens is 6. The van der Waals surface area contributed by atoms with Gasteiger partial charge in [-0.1, -0.05) is 11.3 Å². The van der Waals surface area contributed by atoms with E-state index in [4.69, 9.17) is 0 Å². The first-order valence-electron chi connectivity index (χ1n) is 12.6. The van der Waals surface area contributed by atoms with Gasteiger partial charge in [0.25, 0.3) is 5.91 Å². The van der Waals surface area contributed by atoms with E-state index in [2.05, 4.69) is 35.9 Å². The number of hydrogen-bond donors (Lipinski definition) is 2. The molecule has 2 amide bonds. The number of anilines is 2. The van der Waals surface area contributed by atoms with Crippen molar-refractivity contribution in [2.24, 2.45) is 18.9 Å². The van der Waals surface area contributed by atoms with Gasteiger partial charge in [0, 0.05) is 37.1 Å². The van der Waals surface area contributed by atoms with Gasteiger partial charge < -0.3 is 10.6 Å². The number of carbonyl (C=O) groups excluding carboxylic acids is 2. The highest BCUT2D eigenvalue weighted by Gasteiger charge is 2.36. The van der Waals surface area contributed by atoms with Gasteiger partial charge in [-0.05, 0) is 56.7 Å². The second kappa shape index (κ2) is 9.40. The van der Waals surface area contributed by atoms with Gasteiger partial charge in [0.2, 0.25) is 5.91 Å². The van der Waals surface area contributed by atoms with Crippen LogP contribution in [-0.4, -0.2) is 65.9 Å². The highest BCUT2D eigenvalue weighted by atomic mass is 16.2. The molecule has 1 saturated carbocycles. The quantitative estimate of drug-likeness (QED) is 0.401. The zero-order chi connectivity index (χ0) is 25.5. The number of nitrogens with one attached hydrogen (secondary N) is 2. The van der Waals surface area contributed by atoms with Crippen molar-refractivity contribution in [3.63, 3.8) is 0 Å². The highest BCUT2D eigenvalue weighted by Crippen LogP contribution is 2.41. The largest absolute Gasteiger partial charge is 0.324 e. The minimum atomic E-state index is -0.402. The van der Waals surface area contributed by atoms with Crippen LogP contribution in [-0.2, 0) is 11.8 Å².